The van der Waals surface area contributed by atoms with Gasteiger partial charge in [-0.2, -0.15) is 0 Å². The van der Waals surface area contributed by atoms with Crippen molar-refractivity contribution in [1.29, 1.82) is 0 Å². The number of hydrogen-bond acceptors (Lipinski definition) is 3. The number of rotatable bonds is 2. The van der Waals surface area contributed by atoms with Gasteiger partial charge >= 0.3 is 0 Å². The third kappa shape index (κ3) is 2.35. The van der Waals surface area contributed by atoms with Crippen molar-refractivity contribution in [3.8, 4) is 0 Å². The molecule has 3 rings (SSSR count). The standard InChI is InChI=1S/C15H20N2OS/c1-10-5-6-11(15(16)19)13(9-10)17-7-8-18-14-4-2-3-12(14)17/h5-6,9,12,14H,2-4,7-8H2,1H3,(H2,16,19). The third-order valence-corrected chi connectivity index (χ3v) is 4.43. The van der Waals surface area contributed by atoms with Crippen LogP contribution in [0.1, 0.15) is 30.4 Å². The van der Waals surface area contributed by atoms with Gasteiger partial charge in [0.05, 0.1) is 18.8 Å². The van der Waals surface area contributed by atoms with E-state index in [1.54, 1.807) is 0 Å². The average molecular weight is 276 g/mol. The molecule has 3 nitrogen and oxygen atoms in total. The first kappa shape index (κ1) is 12.9. The quantitative estimate of drug-likeness (QED) is 0.842. The summed E-state index contributed by atoms with van der Waals surface area (Å²) in [6.45, 7) is 3.84. The number of fused-ring (bicyclic) bond motifs is 1. The minimum atomic E-state index is 0.383. The predicted octanol–water partition coefficient (Wildman–Crippen LogP) is 2.39. The van der Waals surface area contributed by atoms with E-state index in [1.807, 2.05) is 6.07 Å². The molecule has 2 atom stereocenters. The molecule has 1 aromatic rings. The van der Waals surface area contributed by atoms with E-state index in [1.165, 1.54) is 30.5 Å². The summed E-state index contributed by atoms with van der Waals surface area (Å²) >= 11 is 5.20. The second-order valence-corrected chi connectivity index (χ2v) is 5.93. The van der Waals surface area contributed by atoms with Crippen molar-refractivity contribution in [2.24, 2.45) is 5.73 Å². The van der Waals surface area contributed by atoms with Crippen LogP contribution in [-0.2, 0) is 4.74 Å². The fourth-order valence-electron chi connectivity index (χ4n) is 3.31. The predicted molar refractivity (Wildman–Crippen MR) is 81.8 cm³/mol. The van der Waals surface area contributed by atoms with E-state index >= 15 is 0 Å². The number of ether oxygens (including phenoxy) is 1. The minimum absolute atomic E-state index is 0.383. The van der Waals surface area contributed by atoms with E-state index in [4.69, 9.17) is 22.7 Å². The smallest absolute Gasteiger partial charge is 0.106 e. The van der Waals surface area contributed by atoms with Crippen molar-refractivity contribution in [3.63, 3.8) is 0 Å². The van der Waals surface area contributed by atoms with Gasteiger partial charge in [-0.15, -0.1) is 0 Å². The Morgan fingerprint density at radius 3 is 3.05 bits per heavy atom. The fraction of sp³-hybridized carbons (Fsp3) is 0.533. The molecule has 4 heteroatoms. The number of nitrogens with zero attached hydrogens (tertiary/aromatic N) is 1. The number of nitrogens with two attached hydrogens (primary N) is 1. The first-order valence-electron chi connectivity index (χ1n) is 6.95. The van der Waals surface area contributed by atoms with Crippen LogP contribution in [0.3, 0.4) is 0 Å². The lowest BCUT2D eigenvalue weighted by molar-refractivity contribution is 0.0256. The van der Waals surface area contributed by atoms with Gasteiger partial charge in [-0.05, 0) is 43.9 Å². The van der Waals surface area contributed by atoms with E-state index in [2.05, 4.69) is 24.0 Å². The van der Waals surface area contributed by atoms with Crippen molar-refractivity contribution in [3.05, 3.63) is 29.3 Å². The Morgan fingerprint density at radius 1 is 1.42 bits per heavy atom. The van der Waals surface area contributed by atoms with Crippen LogP contribution in [0.15, 0.2) is 18.2 Å². The number of hydrogen-bond donors (Lipinski definition) is 1. The minimum Gasteiger partial charge on any atom is -0.389 e. The highest BCUT2D eigenvalue weighted by molar-refractivity contribution is 7.80. The Morgan fingerprint density at radius 2 is 2.26 bits per heavy atom. The lowest BCUT2D eigenvalue weighted by Gasteiger charge is -2.40. The number of aryl methyl sites for hydroxylation is 1. The van der Waals surface area contributed by atoms with Crippen molar-refractivity contribution in [2.45, 2.75) is 38.3 Å². The summed E-state index contributed by atoms with van der Waals surface area (Å²) in [6, 6.07) is 6.82. The van der Waals surface area contributed by atoms with E-state index in [-0.39, 0.29) is 0 Å². The number of anilines is 1. The SMILES string of the molecule is Cc1ccc(C(N)=S)c(N2CCOC3CCCC32)c1. The average Bonchev–Trinajstić information content (AvgIpc) is 2.86. The fourth-order valence-corrected chi connectivity index (χ4v) is 3.49. The molecule has 1 aliphatic heterocycles. The summed E-state index contributed by atoms with van der Waals surface area (Å²) in [5, 5.41) is 0. The number of morpholine rings is 1. The van der Waals surface area contributed by atoms with Crippen molar-refractivity contribution < 1.29 is 4.74 Å². The zero-order chi connectivity index (χ0) is 13.4. The summed E-state index contributed by atoms with van der Waals surface area (Å²) < 4.78 is 5.88. The van der Waals surface area contributed by atoms with Crippen LogP contribution in [0, 0.1) is 6.92 Å². The summed E-state index contributed by atoms with van der Waals surface area (Å²) in [6.07, 6.45) is 4.01. The van der Waals surface area contributed by atoms with Gasteiger partial charge in [0.25, 0.3) is 0 Å². The second-order valence-electron chi connectivity index (χ2n) is 5.49. The molecule has 0 radical (unpaired) electrons. The highest BCUT2D eigenvalue weighted by atomic mass is 32.1. The third-order valence-electron chi connectivity index (χ3n) is 4.21. The zero-order valence-corrected chi connectivity index (χ0v) is 12.1. The Balaban J connectivity index is 2.00. The molecule has 2 fully saturated rings. The molecule has 0 aromatic heterocycles. The molecule has 19 heavy (non-hydrogen) atoms. The van der Waals surface area contributed by atoms with Crippen LogP contribution < -0.4 is 10.6 Å². The van der Waals surface area contributed by atoms with Gasteiger partial charge in [-0.25, -0.2) is 0 Å². The van der Waals surface area contributed by atoms with Crippen LogP contribution in [0.25, 0.3) is 0 Å². The first-order chi connectivity index (χ1) is 9.16. The van der Waals surface area contributed by atoms with Crippen LogP contribution >= 0.6 is 12.2 Å². The van der Waals surface area contributed by atoms with Crippen molar-refractivity contribution in [1.82, 2.24) is 0 Å². The molecule has 2 N–H and O–H groups in total. The number of thiocarbonyl (C=S) groups is 1. The van der Waals surface area contributed by atoms with E-state index in [9.17, 15) is 0 Å². The van der Waals surface area contributed by atoms with Gasteiger partial charge in [0.15, 0.2) is 0 Å². The van der Waals surface area contributed by atoms with Crippen molar-refractivity contribution >= 4 is 22.9 Å². The Kier molecular flexibility index (Phi) is 3.46. The van der Waals surface area contributed by atoms with E-state index in [0.717, 1.165) is 18.7 Å². The molecule has 1 aliphatic carbocycles. The molecule has 0 spiro atoms. The van der Waals surface area contributed by atoms with Crippen LogP contribution in [0.2, 0.25) is 0 Å². The van der Waals surface area contributed by atoms with Gasteiger partial charge in [0.2, 0.25) is 0 Å². The van der Waals surface area contributed by atoms with Crippen LogP contribution in [0.5, 0.6) is 0 Å². The van der Waals surface area contributed by atoms with Gasteiger partial charge in [0.1, 0.15) is 4.99 Å². The number of benzene rings is 1. The summed E-state index contributed by atoms with van der Waals surface area (Å²) in [4.78, 5) is 2.94. The normalized spacial score (nSPS) is 26.3. The van der Waals surface area contributed by atoms with Gasteiger partial charge in [-0.1, -0.05) is 18.3 Å². The molecule has 1 saturated heterocycles. The molecule has 1 heterocycles. The molecular weight excluding hydrogens is 256 g/mol. The van der Waals surface area contributed by atoms with Gasteiger partial charge in [-0.3, -0.25) is 0 Å². The molecule has 2 aliphatic rings. The zero-order valence-electron chi connectivity index (χ0n) is 11.3. The maximum Gasteiger partial charge on any atom is 0.106 e. The molecular formula is C15H20N2OS. The maximum absolute atomic E-state index is 5.88. The molecule has 102 valence electrons. The molecule has 1 aromatic carbocycles. The Bertz CT molecular complexity index is 503. The van der Waals surface area contributed by atoms with Crippen LogP contribution in [0.4, 0.5) is 5.69 Å². The molecule has 0 bridgehead atoms. The monoisotopic (exact) mass is 276 g/mol. The Labute approximate surface area is 119 Å². The molecule has 0 amide bonds. The summed E-state index contributed by atoms with van der Waals surface area (Å²) in [5.74, 6) is 0. The highest BCUT2D eigenvalue weighted by Gasteiger charge is 2.36. The van der Waals surface area contributed by atoms with Gasteiger partial charge in [0, 0.05) is 17.8 Å². The second kappa shape index (κ2) is 5.10. The van der Waals surface area contributed by atoms with Crippen LogP contribution in [-0.4, -0.2) is 30.3 Å². The first-order valence-corrected chi connectivity index (χ1v) is 7.36. The topological polar surface area (TPSA) is 38.5 Å². The highest BCUT2D eigenvalue weighted by Crippen LogP contribution is 2.35. The van der Waals surface area contributed by atoms with E-state index in [0.29, 0.717) is 17.1 Å². The van der Waals surface area contributed by atoms with Gasteiger partial charge < -0.3 is 15.4 Å². The summed E-state index contributed by atoms with van der Waals surface area (Å²) in [7, 11) is 0. The molecule has 1 saturated carbocycles. The molecule has 2 unspecified atom stereocenters. The van der Waals surface area contributed by atoms with E-state index < -0.39 is 0 Å². The maximum atomic E-state index is 5.88. The lowest BCUT2D eigenvalue weighted by Crippen LogP contribution is -2.49. The largest absolute Gasteiger partial charge is 0.389 e. The summed E-state index contributed by atoms with van der Waals surface area (Å²) in [5.41, 5.74) is 9.31. The Hall–Kier alpha value is -1.13. The lowest BCUT2D eigenvalue weighted by atomic mass is 10.0. The van der Waals surface area contributed by atoms with Crippen molar-refractivity contribution in [2.75, 3.05) is 18.1 Å².